The van der Waals surface area contributed by atoms with Gasteiger partial charge in [-0.3, -0.25) is 18.6 Å². The molecule has 0 aromatic carbocycles. The first-order chi connectivity index (χ1) is 24.9. The predicted octanol–water partition coefficient (Wildman–Crippen LogP) is 6.55. The molecule has 13 nitrogen and oxygen atoms in total. The first kappa shape index (κ1) is 48.9. The minimum Gasteiger partial charge on any atom is -0.462 e. The number of aliphatic hydroxyl groups is 5. The summed E-state index contributed by atoms with van der Waals surface area (Å²) in [7, 11) is -5.10. The maximum atomic E-state index is 12.7. The lowest BCUT2D eigenvalue weighted by atomic mass is 9.85. The molecule has 1 fully saturated rings. The van der Waals surface area contributed by atoms with Gasteiger partial charge in [0.05, 0.1) is 6.61 Å². The number of phosphoric ester groups is 1. The van der Waals surface area contributed by atoms with Gasteiger partial charge in [-0.05, 0) is 12.8 Å². The Balaban J connectivity index is 2.52. The van der Waals surface area contributed by atoms with Gasteiger partial charge in [-0.2, -0.15) is 0 Å². The summed E-state index contributed by atoms with van der Waals surface area (Å²) in [4.78, 5) is 35.4. The molecule has 0 aliphatic heterocycles. The van der Waals surface area contributed by atoms with Crippen molar-refractivity contribution in [1.29, 1.82) is 0 Å². The van der Waals surface area contributed by atoms with E-state index in [0.717, 1.165) is 38.5 Å². The molecule has 14 heteroatoms. The summed E-state index contributed by atoms with van der Waals surface area (Å²) in [5.74, 6) is -1.09. The number of ether oxygens (including phenoxy) is 2. The average molecular weight is 769 g/mol. The quantitative estimate of drug-likeness (QED) is 0.0238. The lowest BCUT2D eigenvalue weighted by Crippen LogP contribution is -2.64. The van der Waals surface area contributed by atoms with Crippen LogP contribution in [0.2, 0.25) is 0 Å². The summed E-state index contributed by atoms with van der Waals surface area (Å²) in [5.41, 5.74) is 0. The van der Waals surface area contributed by atoms with Gasteiger partial charge in [0, 0.05) is 12.8 Å². The third kappa shape index (κ3) is 22.9. The molecule has 0 spiro atoms. The molecule has 52 heavy (non-hydrogen) atoms. The summed E-state index contributed by atoms with van der Waals surface area (Å²) < 4.78 is 33.3. The van der Waals surface area contributed by atoms with Crippen molar-refractivity contribution >= 4 is 19.8 Å². The number of phosphoric acid groups is 1. The highest BCUT2D eigenvalue weighted by Crippen LogP contribution is 2.47. The fourth-order valence-corrected chi connectivity index (χ4v) is 7.32. The average Bonchev–Trinajstić information content (AvgIpc) is 3.12. The van der Waals surface area contributed by atoms with E-state index in [1.54, 1.807) is 0 Å². The molecule has 308 valence electrons. The molecule has 0 radical (unpaired) electrons. The number of esters is 2. The molecular formula is C38H73O13P. The molecule has 6 atom stereocenters. The van der Waals surface area contributed by atoms with Crippen molar-refractivity contribution in [2.24, 2.45) is 0 Å². The zero-order chi connectivity index (χ0) is 38.6. The molecule has 1 saturated carbocycles. The second-order valence-electron chi connectivity index (χ2n) is 14.5. The third-order valence-electron chi connectivity index (χ3n) is 9.70. The van der Waals surface area contributed by atoms with Gasteiger partial charge in [0.2, 0.25) is 0 Å². The van der Waals surface area contributed by atoms with Crippen molar-refractivity contribution in [3.05, 3.63) is 0 Å². The third-order valence-corrected chi connectivity index (χ3v) is 10.7. The van der Waals surface area contributed by atoms with Gasteiger partial charge in [-0.25, -0.2) is 4.57 Å². The summed E-state index contributed by atoms with van der Waals surface area (Å²) in [5, 5.41) is 49.9. The van der Waals surface area contributed by atoms with Crippen LogP contribution < -0.4 is 0 Å². The number of carbonyl (C=O) groups is 2. The molecule has 0 aromatic rings. The number of carbonyl (C=O) groups excluding carboxylic acids is 2. The first-order valence-electron chi connectivity index (χ1n) is 20.3. The molecule has 1 aliphatic rings. The van der Waals surface area contributed by atoms with Gasteiger partial charge in [-0.1, -0.05) is 149 Å². The minimum absolute atomic E-state index is 0.104. The number of hydrogen-bond acceptors (Lipinski definition) is 12. The number of hydrogen-bond donors (Lipinski definition) is 6. The molecule has 0 bridgehead atoms. The van der Waals surface area contributed by atoms with E-state index in [9.17, 15) is 44.6 Å². The van der Waals surface area contributed by atoms with Crippen LogP contribution >= 0.6 is 7.82 Å². The van der Waals surface area contributed by atoms with Crippen molar-refractivity contribution in [3.63, 3.8) is 0 Å². The Hall–Kier alpha value is -1.15. The van der Waals surface area contributed by atoms with Gasteiger partial charge in [0.1, 0.15) is 43.2 Å². The second-order valence-corrected chi connectivity index (χ2v) is 15.9. The topological polar surface area (TPSA) is 210 Å². The Labute approximate surface area is 312 Å². The number of aliphatic hydroxyl groups excluding tert-OH is 5. The summed E-state index contributed by atoms with van der Waals surface area (Å²) in [6, 6.07) is 0. The Morgan fingerprint density at radius 3 is 1.27 bits per heavy atom. The van der Waals surface area contributed by atoms with Crippen LogP contribution in [-0.4, -0.2) is 98.3 Å². The van der Waals surface area contributed by atoms with E-state index in [-0.39, 0.29) is 12.8 Å². The Bertz CT molecular complexity index is 938. The highest BCUT2D eigenvalue weighted by Gasteiger charge is 2.51. The Morgan fingerprint density at radius 1 is 0.519 bits per heavy atom. The number of rotatable bonds is 33. The maximum Gasteiger partial charge on any atom is 0.472 e. The van der Waals surface area contributed by atoms with E-state index >= 15 is 0 Å². The van der Waals surface area contributed by atoms with Crippen LogP contribution in [0.15, 0.2) is 0 Å². The van der Waals surface area contributed by atoms with Crippen LogP contribution in [-0.2, 0) is 32.7 Å². The standard InChI is InChI=1S/C38H73O13P/c1-3-5-7-9-11-13-15-16-17-19-21-23-25-27-32(40)50-30(28-48-31(39)26-24-22-20-18-14-12-10-8-6-4-2)29-49-52(46,47)51-38-36(44)34(42)33(41)35(43)37(38)45/h30,33-38,41-45H,3-29H2,1-2H3,(H,46,47). The fourth-order valence-electron chi connectivity index (χ4n) is 6.35. The Kier molecular flexibility index (Phi) is 28.3. The molecule has 6 unspecified atom stereocenters. The van der Waals surface area contributed by atoms with Crippen molar-refractivity contribution in [2.75, 3.05) is 13.2 Å². The first-order valence-corrected chi connectivity index (χ1v) is 21.8. The van der Waals surface area contributed by atoms with Crippen LogP contribution in [0.25, 0.3) is 0 Å². The Morgan fingerprint density at radius 2 is 0.865 bits per heavy atom. The van der Waals surface area contributed by atoms with Gasteiger partial charge < -0.3 is 39.9 Å². The fraction of sp³-hybridized carbons (Fsp3) is 0.947. The van der Waals surface area contributed by atoms with Gasteiger partial charge >= 0.3 is 19.8 Å². The van der Waals surface area contributed by atoms with Gasteiger partial charge in [-0.15, -0.1) is 0 Å². The normalized spacial score (nSPS) is 23.6. The van der Waals surface area contributed by atoms with Crippen LogP contribution in [0.3, 0.4) is 0 Å². The zero-order valence-electron chi connectivity index (χ0n) is 32.1. The number of unbranched alkanes of at least 4 members (excludes halogenated alkanes) is 21. The predicted molar refractivity (Wildman–Crippen MR) is 198 cm³/mol. The lowest BCUT2D eigenvalue weighted by molar-refractivity contribution is -0.220. The summed E-state index contributed by atoms with van der Waals surface area (Å²) >= 11 is 0. The molecule has 1 aliphatic carbocycles. The van der Waals surface area contributed by atoms with Crippen molar-refractivity contribution in [3.8, 4) is 0 Å². The molecule has 0 amide bonds. The van der Waals surface area contributed by atoms with E-state index in [1.165, 1.54) is 96.3 Å². The van der Waals surface area contributed by atoms with E-state index in [4.69, 9.17) is 18.5 Å². The van der Waals surface area contributed by atoms with E-state index in [0.29, 0.717) is 12.8 Å². The molecule has 6 N–H and O–H groups in total. The minimum atomic E-state index is -5.10. The van der Waals surface area contributed by atoms with Crippen LogP contribution in [0.1, 0.15) is 174 Å². The summed E-state index contributed by atoms with van der Waals surface area (Å²) in [6.45, 7) is 3.26. The van der Waals surface area contributed by atoms with E-state index < -0.39 is 75.7 Å². The van der Waals surface area contributed by atoms with Crippen LogP contribution in [0.4, 0.5) is 0 Å². The summed E-state index contributed by atoms with van der Waals surface area (Å²) in [6.07, 6.45) is 13.2. The van der Waals surface area contributed by atoms with E-state index in [1.807, 2.05) is 0 Å². The molecule has 0 heterocycles. The monoisotopic (exact) mass is 768 g/mol. The van der Waals surface area contributed by atoms with Crippen molar-refractivity contribution < 1.29 is 63.1 Å². The largest absolute Gasteiger partial charge is 0.472 e. The molecule has 1 rings (SSSR count). The zero-order valence-corrected chi connectivity index (χ0v) is 33.0. The van der Waals surface area contributed by atoms with Crippen LogP contribution in [0.5, 0.6) is 0 Å². The lowest BCUT2D eigenvalue weighted by Gasteiger charge is -2.41. The van der Waals surface area contributed by atoms with Crippen LogP contribution in [0, 0.1) is 0 Å². The van der Waals surface area contributed by atoms with E-state index in [2.05, 4.69) is 13.8 Å². The maximum absolute atomic E-state index is 12.7. The molecule has 0 saturated heterocycles. The molecule has 0 aromatic heterocycles. The molecular weight excluding hydrogens is 695 g/mol. The highest BCUT2D eigenvalue weighted by molar-refractivity contribution is 7.47. The second kappa shape index (κ2) is 30.1. The SMILES string of the molecule is CCCCCCCCCCCCCCCC(=O)OC(COC(=O)CCCCCCCCCCCC)COP(=O)(O)OC1C(O)C(O)C(O)C(O)C1O. The smallest absolute Gasteiger partial charge is 0.462 e. The highest BCUT2D eigenvalue weighted by atomic mass is 31.2. The van der Waals surface area contributed by atoms with Crippen molar-refractivity contribution in [1.82, 2.24) is 0 Å². The van der Waals surface area contributed by atoms with Crippen molar-refractivity contribution in [2.45, 2.75) is 217 Å². The van der Waals surface area contributed by atoms with Gasteiger partial charge in [0.25, 0.3) is 0 Å². The van der Waals surface area contributed by atoms with Gasteiger partial charge in [0.15, 0.2) is 6.10 Å².